The number of rotatable bonds is 0. The molecule has 0 amide bonds. The predicted molar refractivity (Wildman–Crippen MR) is 76.0 cm³/mol. The summed E-state index contributed by atoms with van der Waals surface area (Å²) in [6.45, 7) is 0. The molecule has 2 aromatic heterocycles. The molecule has 0 fully saturated rings. The Morgan fingerprint density at radius 1 is 0.889 bits per heavy atom. The van der Waals surface area contributed by atoms with Gasteiger partial charge in [0.05, 0.1) is 16.6 Å². The molecule has 0 unspecified atom stereocenters. The molecule has 2 nitrogen and oxygen atoms in total. The molecule has 4 rings (SSSR count). The van der Waals surface area contributed by atoms with Crippen LogP contribution in [-0.2, 0) is 0 Å². The van der Waals surface area contributed by atoms with Crippen molar-refractivity contribution < 1.29 is 0 Å². The second-order valence-electron chi connectivity index (χ2n) is 4.37. The van der Waals surface area contributed by atoms with Crippen molar-refractivity contribution in [2.45, 2.75) is 0 Å². The Bertz CT molecular complexity index is 893. The molecule has 0 bridgehead atoms. The fourth-order valence-electron chi connectivity index (χ4n) is 2.47. The highest BCUT2D eigenvalue weighted by Gasteiger charge is 2.10. The first-order valence-corrected chi connectivity index (χ1v) is 6.12. The van der Waals surface area contributed by atoms with E-state index in [-0.39, 0.29) is 0 Å². The highest BCUT2D eigenvalue weighted by Crippen LogP contribution is 2.31. The highest BCUT2D eigenvalue weighted by atomic mass is 35.5. The standard InChI is InChI=1S/C15H9ClN2/c16-18-13-6-3-7-17-15(13)12-8-10-4-1-2-5-11(10)9-14(12)18/h1-9H. The van der Waals surface area contributed by atoms with Crippen LogP contribution >= 0.6 is 11.8 Å². The van der Waals surface area contributed by atoms with Crippen molar-refractivity contribution >= 4 is 44.5 Å². The van der Waals surface area contributed by atoms with Gasteiger partial charge in [0.1, 0.15) is 0 Å². The van der Waals surface area contributed by atoms with Crippen LogP contribution in [-0.4, -0.2) is 9.07 Å². The van der Waals surface area contributed by atoms with Gasteiger partial charge in [-0.25, -0.2) is 0 Å². The fourth-order valence-corrected chi connectivity index (χ4v) is 2.75. The van der Waals surface area contributed by atoms with Crippen LogP contribution in [0.1, 0.15) is 0 Å². The largest absolute Gasteiger partial charge is 0.254 e. The number of fused-ring (bicyclic) bond motifs is 4. The maximum Gasteiger partial charge on any atom is 0.0973 e. The van der Waals surface area contributed by atoms with Gasteiger partial charge in [0.15, 0.2) is 0 Å². The lowest BCUT2D eigenvalue weighted by atomic mass is 10.1. The molecule has 0 atom stereocenters. The molecule has 0 aliphatic heterocycles. The van der Waals surface area contributed by atoms with Gasteiger partial charge in [-0.1, -0.05) is 24.3 Å². The zero-order chi connectivity index (χ0) is 12.1. The van der Waals surface area contributed by atoms with E-state index < -0.39 is 0 Å². The van der Waals surface area contributed by atoms with Crippen LogP contribution in [0.3, 0.4) is 0 Å². The third kappa shape index (κ3) is 1.21. The van der Waals surface area contributed by atoms with Gasteiger partial charge in [-0.05, 0) is 35.0 Å². The summed E-state index contributed by atoms with van der Waals surface area (Å²) >= 11 is 6.37. The van der Waals surface area contributed by atoms with Crippen molar-refractivity contribution in [3.8, 4) is 0 Å². The van der Waals surface area contributed by atoms with Crippen molar-refractivity contribution in [3.63, 3.8) is 0 Å². The molecule has 0 aliphatic rings. The van der Waals surface area contributed by atoms with Gasteiger partial charge in [0, 0.05) is 23.4 Å². The molecule has 3 heteroatoms. The lowest BCUT2D eigenvalue weighted by Crippen LogP contribution is -1.79. The minimum absolute atomic E-state index is 0.949. The van der Waals surface area contributed by atoms with Crippen molar-refractivity contribution in [1.29, 1.82) is 0 Å². The summed E-state index contributed by atoms with van der Waals surface area (Å²) in [5, 5.41) is 3.49. The van der Waals surface area contributed by atoms with Gasteiger partial charge in [-0.15, -0.1) is 0 Å². The Balaban J connectivity index is 2.32. The third-order valence-electron chi connectivity index (χ3n) is 3.33. The van der Waals surface area contributed by atoms with Crippen LogP contribution in [0.4, 0.5) is 0 Å². The maximum absolute atomic E-state index is 6.37. The van der Waals surface area contributed by atoms with Gasteiger partial charge < -0.3 is 0 Å². The lowest BCUT2D eigenvalue weighted by molar-refractivity contribution is 1.36. The van der Waals surface area contributed by atoms with Gasteiger partial charge in [-0.3, -0.25) is 9.07 Å². The van der Waals surface area contributed by atoms with Crippen molar-refractivity contribution in [2.75, 3.05) is 0 Å². The molecule has 0 N–H and O–H groups in total. The second kappa shape index (κ2) is 3.47. The minimum Gasteiger partial charge on any atom is -0.254 e. The smallest absolute Gasteiger partial charge is 0.0973 e. The number of hydrogen-bond acceptors (Lipinski definition) is 1. The normalized spacial score (nSPS) is 11.6. The molecular formula is C15H9ClN2. The van der Waals surface area contributed by atoms with Crippen molar-refractivity contribution in [1.82, 2.24) is 9.07 Å². The number of pyridine rings is 1. The summed E-state index contributed by atoms with van der Waals surface area (Å²) in [6.07, 6.45) is 1.80. The summed E-state index contributed by atoms with van der Waals surface area (Å²) in [5.41, 5.74) is 2.90. The Morgan fingerprint density at radius 3 is 2.50 bits per heavy atom. The first-order valence-electron chi connectivity index (χ1n) is 5.79. The van der Waals surface area contributed by atoms with E-state index in [0.29, 0.717) is 0 Å². The molecule has 0 spiro atoms. The Kier molecular flexibility index (Phi) is 1.91. The number of hydrogen-bond donors (Lipinski definition) is 0. The van der Waals surface area contributed by atoms with Crippen LogP contribution in [0.25, 0.3) is 32.7 Å². The highest BCUT2D eigenvalue weighted by molar-refractivity contribution is 6.26. The summed E-state index contributed by atoms with van der Waals surface area (Å²) in [4.78, 5) is 4.43. The Labute approximate surface area is 109 Å². The van der Waals surface area contributed by atoms with E-state index >= 15 is 0 Å². The van der Waals surface area contributed by atoms with E-state index in [9.17, 15) is 0 Å². The molecule has 0 saturated heterocycles. The molecule has 4 aromatic rings. The van der Waals surface area contributed by atoms with Crippen LogP contribution in [0, 0.1) is 0 Å². The predicted octanol–water partition coefficient (Wildman–Crippen LogP) is 4.34. The molecule has 0 saturated carbocycles. The van der Waals surface area contributed by atoms with Gasteiger partial charge in [0.2, 0.25) is 0 Å². The van der Waals surface area contributed by atoms with E-state index in [0.717, 1.165) is 21.9 Å². The van der Waals surface area contributed by atoms with Crippen molar-refractivity contribution in [3.05, 3.63) is 54.7 Å². The minimum atomic E-state index is 0.949. The number of aromatic nitrogens is 2. The monoisotopic (exact) mass is 252 g/mol. The van der Waals surface area contributed by atoms with Crippen LogP contribution in [0.5, 0.6) is 0 Å². The first-order chi connectivity index (χ1) is 8.84. The molecule has 86 valence electrons. The van der Waals surface area contributed by atoms with Gasteiger partial charge in [0.25, 0.3) is 0 Å². The van der Waals surface area contributed by atoms with Gasteiger partial charge in [-0.2, -0.15) is 0 Å². The summed E-state index contributed by atoms with van der Waals surface area (Å²) in [5.74, 6) is 0. The fraction of sp³-hybridized carbons (Fsp3) is 0. The average Bonchev–Trinajstić information content (AvgIpc) is 2.71. The molecule has 0 aliphatic carbocycles. The van der Waals surface area contributed by atoms with Crippen LogP contribution in [0.2, 0.25) is 0 Å². The van der Waals surface area contributed by atoms with E-state index in [1.54, 1.807) is 10.3 Å². The summed E-state index contributed by atoms with van der Waals surface area (Å²) in [6, 6.07) is 16.4. The zero-order valence-corrected chi connectivity index (χ0v) is 10.2. The lowest BCUT2D eigenvalue weighted by Gasteiger charge is -1.98. The molecule has 2 heterocycles. The molecule has 0 radical (unpaired) electrons. The number of benzene rings is 2. The Hall–Kier alpha value is -2.06. The summed E-state index contributed by atoms with van der Waals surface area (Å²) < 4.78 is 1.68. The number of halogens is 1. The molecule has 2 aromatic carbocycles. The van der Waals surface area contributed by atoms with E-state index in [4.69, 9.17) is 11.8 Å². The number of nitrogens with zero attached hydrogens (tertiary/aromatic N) is 2. The SMILES string of the molecule is Cln1c2cc3ccccc3cc2c2ncccc21. The zero-order valence-electron chi connectivity index (χ0n) is 9.47. The quantitative estimate of drug-likeness (QED) is 0.455. The van der Waals surface area contributed by atoms with E-state index in [1.807, 2.05) is 24.3 Å². The van der Waals surface area contributed by atoms with Crippen LogP contribution in [0.15, 0.2) is 54.7 Å². The van der Waals surface area contributed by atoms with E-state index in [2.05, 4.69) is 29.2 Å². The van der Waals surface area contributed by atoms with E-state index in [1.165, 1.54) is 10.8 Å². The van der Waals surface area contributed by atoms with Crippen LogP contribution < -0.4 is 0 Å². The molecular weight excluding hydrogens is 244 g/mol. The second-order valence-corrected chi connectivity index (χ2v) is 4.71. The maximum atomic E-state index is 6.37. The Morgan fingerprint density at radius 2 is 1.67 bits per heavy atom. The third-order valence-corrected chi connectivity index (χ3v) is 3.69. The molecule has 18 heavy (non-hydrogen) atoms. The first kappa shape index (κ1) is 9.92. The summed E-state index contributed by atoms with van der Waals surface area (Å²) in [7, 11) is 0. The van der Waals surface area contributed by atoms with Crippen molar-refractivity contribution in [2.24, 2.45) is 0 Å². The van der Waals surface area contributed by atoms with Gasteiger partial charge >= 0.3 is 0 Å². The topological polar surface area (TPSA) is 17.8 Å². The average molecular weight is 253 g/mol.